The van der Waals surface area contributed by atoms with Crippen LogP contribution >= 0.6 is 0 Å². The lowest BCUT2D eigenvalue weighted by atomic mass is 9.82. The minimum atomic E-state index is -4.81. The number of methoxy groups -OCH3 is 1. The smallest absolute Gasteiger partial charge is 0.397 e. The Morgan fingerprint density at radius 1 is 0.917 bits per heavy atom. The quantitative estimate of drug-likeness (QED) is 0.224. The van der Waals surface area contributed by atoms with Crippen molar-refractivity contribution in [1.82, 2.24) is 0 Å². The number of nitrogens with two attached hydrogens (primary N) is 1. The molecule has 0 heterocycles. The molecule has 13 heteroatoms. The Morgan fingerprint density at radius 3 is 2.17 bits per heavy atom. The molecule has 36 heavy (non-hydrogen) atoms. The summed E-state index contributed by atoms with van der Waals surface area (Å²) in [5.41, 5.74) is 7.20. The molecule has 1 aliphatic rings. The van der Waals surface area contributed by atoms with Gasteiger partial charge in [-0.25, -0.2) is 12.6 Å². The van der Waals surface area contributed by atoms with Crippen molar-refractivity contribution in [3.05, 3.63) is 76.9 Å². The standard InChI is InChI=1S/C23H20N2O9S2/c1-33-18-9-6-13(12-19(18)35(28,29)11-10-34-36(30,31)32)25-17-8-7-16(24)20-21(17)23(27)15-5-3-2-4-14(15)22(20)26/h2-9,12,25H,10-11,24H2,1H3,(H,30,31,32). The molecule has 0 fully saturated rings. The number of ketones is 2. The maximum Gasteiger partial charge on any atom is 0.397 e. The molecule has 3 aromatic rings. The van der Waals surface area contributed by atoms with E-state index in [2.05, 4.69) is 9.50 Å². The van der Waals surface area contributed by atoms with Crippen molar-refractivity contribution in [1.29, 1.82) is 0 Å². The first kappa shape index (κ1) is 25.3. The van der Waals surface area contributed by atoms with E-state index in [0.29, 0.717) is 0 Å². The first-order valence-electron chi connectivity index (χ1n) is 10.3. The highest BCUT2D eigenvalue weighted by molar-refractivity contribution is 7.91. The van der Waals surface area contributed by atoms with Gasteiger partial charge in [-0.3, -0.25) is 14.1 Å². The topological polar surface area (TPSA) is 179 Å². The number of nitrogens with one attached hydrogen (secondary N) is 1. The Hall–Kier alpha value is -3.78. The van der Waals surface area contributed by atoms with Crippen molar-refractivity contribution in [3.8, 4) is 5.75 Å². The van der Waals surface area contributed by atoms with Crippen LogP contribution in [0.3, 0.4) is 0 Å². The van der Waals surface area contributed by atoms with Gasteiger partial charge in [-0.1, -0.05) is 24.3 Å². The number of fused-ring (bicyclic) bond motifs is 2. The van der Waals surface area contributed by atoms with Crippen molar-refractivity contribution in [2.75, 3.05) is 30.5 Å². The number of hydrogen-bond donors (Lipinski definition) is 3. The molecule has 0 amide bonds. The van der Waals surface area contributed by atoms with Crippen molar-refractivity contribution in [2.24, 2.45) is 0 Å². The second kappa shape index (κ2) is 9.35. The highest BCUT2D eigenvalue weighted by Gasteiger charge is 2.33. The van der Waals surface area contributed by atoms with E-state index in [1.54, 1.807) is 18.2 Å². The van der Waals surface area contributed by atoms with Gasteiger partial charge < -0.3 is 15.8 Å². The number of benzene rings is 3. The van der Waals surface area contributed by atoms with Gasteiger partial charge in [0.15, 0.2) is 21.4 Å². The van der Waals surface area contributed by atoms with Gasteiger partial charge in [0.05, 0.1) is 36.3 Å². The van der Waals surface area contributed by atoms with E-state index >= 15 is 0 Å². The van der Waals surface area contributed by atoms with Gasteiger partial charge in [0.2, 0.25) is 0 Å². The Bertz CT molecular complexity index is 1610. The van der Waals surface area contributed by atoms with Crippen LogP contribution in [0.4, 0.5) is 17.1 Å². The molecule has 4 N–H and O–H groups in total. The normalized spacial score (nSPS) is 13.2. The lowest BCUT2D eigenvalue weighted by Gasteiger charge is -2.22. The molecule has 1 aliphatic carbocycles. The predicted molar refractivity (Wildman–Crippen MR) is 130 cm³/mol. The van der Waals surface area contributed by atoms with E-state index in [4.69, 9.17) is 15.0 Å². The zero-order valence-corrected chi connectivity index (χ0v) is 20.4. The number of nitrogen functional groups attached to an aromatic ring is 1. The molecule has 0 unspecified atom stereocenters. The lowest BCUT2D eigenvalue weighted by molar-refractivity contribution is 0.0980. The minimum absolute atomic E-state index is 0.0214. The molecule has 0 saturated carbocycles. The average Bonchev–Trinajstić information content (AvgIpc) is 2.82. The highest BCUT2D eigenvalue weighted by atomic mass is 32.3. The average molecular weight is 533 g/mol. The van der Waals surface area contributed by atoms with Gasteiger partial charge in [0, 0.05) is 22.5 Å². The summed E-state index contributed by atoms with van der Waals surface area (Å²) in [7, 11) is -7.69. The second-order valence-electron chi connectivity index (χ2n) is 7.72. The molecule has 0 spiro atoms. The molecule has 0 aliphatic heterocycles. The summed E-state index contributed by atoms with van der Waals surface area (Å²) < 4.78 is 65.1. The molecule has 188 valence electrons. The van der Waals surface area contributed by atoms with Crippen LogP contribution in [-0.2, 0) is 24.4 Å². The number of anilines is 3. The van der Waals surface area contributed by atoms with Gasteiger partial charge in [-0.05, 0) is 30.3 Å². The van der Waals surface area contributed by atoms with Crippen LogP contribution in [0.1, 0.15) is 31.8 Å². The number of rotatable bonds is 8. The fraction of sp³-hybridized carbons (Fsp3) is 0.130. The monoisotopic (exact) mass is 532 g/mol. The fourth-order valence-corrected chi connectivity index (χ4v) is 5.55. The van der Waals surface area contributed by atoms with Gasteiger partial charge in [-0.2, -0.15) is 8.42 Å². The number of carbonyl (C=O) groups excluding carboxylic acids is 2. The maximum atomic E-state index is 13.3. The fourth-order valence-electron chi connectivity index (χ4n) is 3.86. The Labute approximate surface area is 206 Å². The van der Waals surface area contributed by atoms with Crippen LogP contribution in [-0.4, -0.2) is 52.4 Å². The molecule has 3 aromatic carbocycles. The second-order valence-corrected chi connectivity index (χ2v) is 10.9. The van der Waals surface area contributed by atoms with Gasteiger partial charge in [-0.15, -0.1) is 0 Å². The Balaban J connectivity index is 1.73. The molecule has 0 atom stereocenters. The van der Waals surface area contributed by atoms with Crippen LogP contribution in [0.25, 0.3) is 0 Å². The minimum Gasteiger partial charge on any atom is -0.495 e. The van der Waals surface area contributed by atoms with Crippen molar-refractivity contribution < 1.29 is 39.9 Å². The Kier molecular flexibility index (Phi) is 6.58. The van der Waals surface area contributed by atoms with Crippen LogP contribution < -0.4 is 15.8 Å². The zero-order valence-electron chi connectivity index (χ0n) is 18.7. The van der Waals surface area contributed by atoms with Gasteiger partial charge in [0.25, 0.3) is 0 Å². The summed E-state index contributed by atoms with van der Waals surface area (Å²) in [6.07, 6.45) is 0. The molecule has 0 saturated heterocycles. The molecule has 4 rings (SSSR count). The number of carbonyl (C=O) groups is 2. The van der Waals surface area contributed by atoms with E-state index in [1.807, 2.05) is 0 Å². The molecule has 0 aromatic heterocycles. The maximum absolute atomic E-state index is 13.3. The highest BCUT2D eigenvalue weighted by Crippen LogP contribution is 2.37. The molecule has 11 nitrogen and oxygen atoms in total. The first-order chi connectivity index (χ1) is 16.9. The largest absolute Gasteiger partial charge is 0.495 e. The summed E-state index contributed by atoms with van der Waals surface area (Å²) in [5.74, 6) is -1.61. The third-order valence-electron chi connectivity index (χ3n) is 5.47. The summed E-state index contributed by atoms with van der Waals surface area (Å²) in [5, 5.41) is 2.97. The van der Waals surface area contributed by atoms with Gasteiger partial charge >= 0.3 is 10.4 Å². The number of sulfone groups is 1. The van der Waals surface area contributed by atoms with Crippen LogP contribution in [0.2, 0.25) is 0 Å². The predicted octanol–water partition coefficient (Wildman–Crippen LogP) is 2.39. The third-order valence-corrected chi connectivity index (χ3v) is 7.63. The zero-order chi connectivity index (χ0) is 26.3. The first-order valence-corrected chi connectivity index (χ1v) is 13.4. The van der Waals surface area contributed by atoms with Crippen LogP contribution in [0.5, 0.6) is 5.75 Å². The van der Waals surface area contributed by atoms with E-state index < -0.39 is 44.2 Å². The molecular formula is C23H20N2O9S2. The van der Waals surface area contributed by atoms with Crippen molar-refractivity contribution in [3.63, 3.8) is 0 Å². The van der Waals surface area contributed by atoms with Gasteiger partial charge in [0.1, 0.15) is 10.6 Å². The van der Waals surface area contributed by atoms with Crippen LogP contribution in [0, 0.1) is 0 Å². The third kappa shape index (κ3) is 4.81. The van der Waals surface area contributed by atoms with E-state index in [9.17, 15) is 26.4 Å². The summed E-state index contributed by atoms with van der Waals surface area (Å²) in [6, 6.07) is 13.4. The number of ether oxygens (including phenoxy) is 1. The molecule has 0 radical (unpaired) electrons. The summed E-state index contributed by atoms with van der Waals surface area (Å²) in [6.45, 7) is -0.816. The van der Waals surface area contributed by atoms with Crippen LogP contribution in [0.15, 0.2) is 59.5 Å². The summed E-state index contributed by atoms with van der Waals surface area (Å²) >= 11 is 0. The van der Waals surface area contributed by atoms with Crippen molar-refractivity contribution in [2.45, 2.75) is 4.90 Å². The van der Waals surface area contributed by atoms with E-state index in [0.717, 1.165) is 0 Å². The molecule has 0 bridgehead atoms. The lowest BCUT2D eigenvalue weighted by Crippen LogP contribution is -2.23. The van der Waals surface area contributed by atoms with Crippen molar-refractivity contribution >= 4 is 48.9 Å². The SMILES string of the molecule is COc1ccc(Nc2ccc(N)c3c2C(=O)c2ccccc2C3=O)cc1S(=O)(=O)CCOS(=O)(=O)O. The summed E-state index contributed by atoms with van der Waals surface area (Å²) in [4.78, 5) is 26.1. The number of hydrogen-bond acceptors (Lipinski definition) is 10. The van der Waals surface area contributed by atoms with E-state index in [1.165, 1.54) is 43.5 Å². The van der Waals surface area contributed by atoms with E-state index in [-0.39, 0.29) is 50.0 Å². The molecular weight excluding hydrogens is 512 g/mol. The Morgan fingerprint density at radius 2 is 1.56 bits per heavy atom.